The van der Waals surface area contributed by atoms with Gasteiger partial charge in [0.25, 0.3) is 0 Å². The average molecular weight is 310 g/mol. The Bertz CT molecular complexity index is 620. The smallest absolute Gasteiger partial charge is 0.224 e. The van der Waals surface area contributed by atoms with Crippen molar-refractivity contribution in [3.05, 3.63) is 29.7 Å². The SMILES string of the molecule is Cc1cccc2oc(CCNC(=O)[C@@H]3CCNC3)nc12.Cl. The highest BCUT2D eigenvalue weighted by Crippen LogP contribution is 2.18. The third kappa shape index (κ3) is 3.54. The van der Waals surface area contributed by atoms with Gasteiger partial charge in [0.15, 0.2) is 11.5 Å². The quantitative estimate of drug-likeness (QED) is 0.904. The van der Waals surface area contributed by atoms with Crippen LogP contribution in [0.25, 0.3) is 11.1 Å². The second-order valence-electron chi connectivity index (χ2n) is 5.26. The van der Waals surface area contributed by atoms with Crippen LogP contribution in [0.15, 0.2) is 22.6 Å². The molecule has 0 unspecified atom stereocenters. The fourth-order valence-corrected chi connectivity index (χ4v) is 2.55. The summed E-state index contributed by atoms with van der Waals surface area (Å²) in [5.41, 5.74) is 2.83. The monoisotopic (exact) mass is 309 g/mol. The summed E-state index contributed by atoms with van der Waals surface area (Å²) in [5.74, 6) is 0.919. The zero-order chi connectivity index (χ0) is 13.9. The summed E-state index contributed by atoms with van der Waals surface area (Å²) in [6, 6.07) is 5.90. The number of halogens is 1. The molecule has 21 heavy (non-hydrogen) atoms. The standard InChI is InChI=1S/C15H19N3O2.ClH/c1-10-3-2-4-12-14(10)18-13(20-12)6-8-17-15(19)11-5-7-16-9-11;/h2-4,11,16H,5-9H2,1H3,(H,17,19);1H/t11-;/m1./s1. The Morgan fingerprint density at radius 3 is 3.10 bits per heavy atom. The molecule has 6 heteroatoms. The summed E-state index contributed by atoms with van der Waals surface area (Å²) < 4.78 is 5.68. The molecule has 3 rings (SSSR count). The van der Waals surface area contributed by atoms with E-state index in [1.807, 2.05) is 25.1 Å². The molecule has 2 aromatic rings. The molecule has 0 radical (unpaired) electrons. The molecular weight excluding hydrogens is 290 g/mol. The Kier molecular flexibility index (Phi) is 5.20. The third-order valence-electron chi connectivity index (χ3n) is 3.73. The Balaban J connectivity index is 0.00000161. The van der Waals surface area contributed by atoms with Crippen LogP contribution in [-0.2, 0) is 11.2 Å². The van der Waals surface area contributed by atoms with Gasteiger partial charge >= 0.3 is 0 Å². The molecule has 1 fully saturated rings. The number of carbonyl (C=O) groups is 1. The molecule has 1 aliphatic heterocycles. The van der Waals surface area contributed by atoms with Gasteiger partial charge in [0.1, 0.15) is 5.52 Å². The number of amides is 1. The van der Waals surface area contributed by atoms with Crippen molar-refractivity contribution in [1.82, 2.24) is 15.6 Å². The number of nitrogens with one attached hydrogen (secondary N) is 2. The molecule has 0 spiro atoms. The van der Waals surface area contributed by atoms with Gasteiger partial charge in [-0.15, -0.1) is 12.4 Å². The molecule has 1 aliphatic rings. The predicted octanol–water partition coefficient (Wildman–Crippen LogP) is 1.83. The predicted molar refractivity (Wildman–Crippen MR) is 83.7 cm³/mol. The summed E-state index contributed by atoms with van der Waals surface area (Å²) in [6.45, 7) is 4.31. The molecule has 1 amide bonds. The minimum atomic E-state index is 0. The van der Waals surface area contributed by atoms with Crippen molar-refractivity contribution in [1.29, 1.82) is 0 Å². The van der Waals surface area contributed by atoms with Gasteiger partial charge in [-0.25, -0.2) is 4.98 Å². The Labute approximate surface area is 129 Å². The molecule has 0 bridgehead atoms. The normalized spacial score (nSPS) is 17.7. The van der Waals surface area contributed by atoms with Crippen LogP contribution in [0.2, 0.25) is 0 Å². The Morgan fingerprint density at radius 1 is 1.52 bits per heavy atom. The van der Waals surface area contributed by atoms with Crippen molar-refractivity contribution in [2.75, 3.05) is 19.6 Å². The maximum absolute atomic E-state index is 11.9. The lowest BCUT2D eigenvalue weighted by Gasteiger charge is -2.08. The molecular formula is C15H20ClN3O2. The average Bonchev–Trinajstić information content (AvgIpc) is 3.07. The van der Waals surface area contributed by atoms with Gasteiger partial charge in [0, 0.05) is 19.5 Å². The van der Waals surface area contributed by atoms with E-state index >= 15 is 0 Å². The largest absolute Gasteiger partial charge is 0.441 e. The van der Waals surface area contributed by atoms with E-state index in [1.165, 1.54) is 0 Å². The van der Waals surface area contributed by atoms with E-state index in [9.17, 15) is 4.79 Å². The number of carbonyl (C=O) groups excluding carboxylic acids is 1. The number of nitrogens with zero attached hydrogens (tertiary/aromatic N) is 1. The van der Waals surface area contributed by atoms with Crippen molar-refractivity contribution >= 4 is 29.4 Å². The van der Waals surface area contributed by atoms with Crippen LogP contribution < -0.4 is 10.6 Å². The van der Waals surface area contributed by atoms with Crippen LogP contribution in [0.5, 0.6) is 0 Å². The van der Waals surface area contributed by atoms with E-state index in [0.717, 1.165) is 36.2 Å². The summed E-state index contributed by atoms with van der Waals surface area (Å²) in [6.07, 6.45) is 1.55. The first kappa shape index (κ1) is 15.8. The van der Waals surface area contributed by atoms with Gasteiger partial charge in [0.2, 0.25) is 5.91 Å². The van der Waals surface area contributed by atoms with Crippen molar-refractivity contribution in [2.45, 2.75) is 19.8 Å². The number of aromatic nitrogens is 1. The lowest BCUT2D eigenvalue weighted by Crippen LogP contribution is -2.33. The number of benzene rings is 1. The number of oxazole rings is 1. The van der Waals surface area contributed by atoms with E-state index in [1.54, 1.807) is 0 Å². The second kappa shape index (κ2) is 6.91. The van der Waals surface area contributed by atoms with E-state index in [-0.39, 0.29) is 24.2 Å². The van der Waals surface area contributed by atoms with Crippen LogP contribution in [0.1, 0.15) is 17.9 Å². The topological polar surface area (TPSA) is 67.2 Å². The summed E-state index contributed by atoms with van der Waals surface area (Å²) in [4.78, 5) is 16.3. The number of rotatable bonds is 4. The second-order valence-corrected chi connectivity index (χ2v) is 5.26. The highest BCUT2D eigenvalue weighted by atomic mass is 35.5. The molecule has 1 atom stereocenters. The van der Waals surface area contributed by atoms with Crippen LogP contribution in [0.3, 0.4) is 0 Å². The maximum atomic E-state index is 11.9. The highest BCUT2D eigenvalue weighted by Gasteiger charge is 2.21. The lowest BCUT2D eigenvalue weighted by atomic mass is 10.1. The maximum Gasteiger partial charge on any atom is 0.224 e. The number of hydrogen-bond acceptors (Lipinski definition) is 4. The molecule has 2 N–H and O–H groups in total. The van der Waals surface area contributed by atoms with Crippen LogP contribution in [0.4, 0.5) is 0 Å². The summed E-state index contributed by atoms with van der Waals surface area (Å²) in [7, 11) is 0. The van der Waals surface area contributed by atoms with E-state index in [4.69, 9.17) is 4.42 Å². The van der Waals surface area contributed by atoms with Gasteiger partial charge in [-0.3, -0.25) is 4.79 Å². The minimum absolute atomic E-state index is 0. The molecule has 0 saturated carbocycles. The fraction of sp³-hybridized carbons (Fsp3) is 0.467. The van der Waals surface area contributed by atoms with Crippen LogP contribution in [0, 0.1) is 12.8 Å². The number of para-hydroxylation sites is 1. The van der Waals surface area contributed by atoms with Gasteiger partial charge in [-0.05, 0) is 31.5 Å². The van der Waals surface area contributed by atoms with Crippen molar-refractivity contribution in [2.24, 2.45) is 5.92 Å². The van der Waals surface area contributed by atoms with E-state index in [0.29, 0.717) is 18.9 Å². The number of fused-ring (bicyclic) bond motifs is 1. The van der Waals surface area contributed by atoms with Gasteiger partial charge in [-0.1, -0.05) is 12.1 Å². The highest BCUT2D eigenvalue weighted by molar-refractivity contribution is 5.85. The molecule has 1 aromatic heterocycles. The Morgan fingerprint density at radius 2 is 2.38 bits per heavy atom. The number of hydrogen-bond donors (Lipinski definition) is 2. The van der Waals surface area contributed by atoms with Crippen LogP contribution in [-0.4, -0.2) is 30.5 Å². The first-order valence-corrected chi connectivity index (χ1v) is 7.07. The minimum Gasteiger partial charge on any atom is -0.441 e. The molecule has 5 nitrogen and oxygen atoms in total. The van der Waals surface area contributed by atoms with Gasteiger partial charge in [-0.2, -0.15) is 0 Å². The molecule has 114 valence electrons. The van der Waals surface area contributed by atoms with Crippen molar-refractivity contribution in [3.63, 3.8) is 0 Å². The number of aryl methyl sites for hydroxylation is 1. The van der Waals surface area contributed by atoms with Gasteiger partial charge in [0.05, 0.1) is 5.92 Å². The van der Waals surface area contributed by atoms with E-state index < -0.39 is 0 Å². The van der Waals surface area contributed by atoms with Crippen molar-refractivity contribution < 1.29 is 9.21 Å². The summed E-state index contributed by atoms with van der Waals surface area (Å²) >= 11 is 0. The third-order valence-corrected chi connectivity index (χ3v) is 3.73. The first-order chi connectivity index (χ1) is 9.74. The molecule has 1 aromatic carbocycles. The molecule has 2 heterocycles. The fourth-order valence-electron chi connectivity index (χ4n) is 2.55. The molecule has 1 saturated heterocycles. The zero-order valence-electron chi connectivity index (χ0n) is 12.0. The Hall–Kier alpha value is -1.59. The van der Waals surface area contributed by atoms with E-state index in [2.05, 4.69) is 15.6 Å². The zero-order valence-corrected chi connectivity index (χ0v) is 12.8. The van der Waals surface area contributed by atoms with Crippen LogP contribution >= 0.6 is 12.4 Å². The molecule has 0 aliphatic carbocycles. The first-order valence-electron chi connectivity index (χ1n) is 7.07. The van der Waals surface area contributed by atoms with Crippen molar-refractivity contribution in [3.8, 4) is 0 Å². The lowest BCUT2D eigenvalue weighted by molar-refractivity contribution is -0.124. The summed E-state index contributed by atoms with van der Waals surface area (Å²) in [5, 5.41) is 6.15. The van der Waals surface area contributed by atoms with Gasteiger partial charge < -0.3 is 15.1 Å².